The number of hydrogen-bond acceptors (Lipinski definition) is 4. The Labute approximate surface area is 114 Å². The first-order chi connectivity index (χ1) is 8.63. The van der Waals surface area contributed by atoms with Gasteiger partial charge in [0.2, 0.25) is 5.88 Å². The molecule has 2 rings (SSSR count). The summed E-state index contributed by atoms with van der Waals surface area (Å²) < 4.78 is 11.7. The standard InChI is InChI=1S/C13H13BrN2O2/c1-8-9(15)7-16-13(12(8)14)18-11-6-4-3-5-10(11)17-2/h3-7H,15H2,1-2H3. The van der Waals surface area contributed by atoms with E-state index in [9.17, 15) is 0 Å². The van der Waals surface area contributed by atoms with Crippen molar-refractivity contribution in [3.63, 3.8) is 0 Å². The van der Waals surface area contributed by atoms with Crippen LogP contribution in [0.15, 0.2) is 34.9 Å². The van der Waals surface area contributed by atoms with Crippen LogP contribution >= 0.6 is 15.9 Å². The Morgan fingerprint density at radius 1 is 1.22 bits per heavy atom. The van der Waals surface area contributed by atoms with E-state index in [1.165, 1.54) is 0 Å². The summed E-state index contributed by atoms with van der Waals surface area (Å²) in [5.41, 5.74) is 7.28. The van der Waals surface area contributed by atoms with Gasteiger partial charge in [0.1, 0.15) is 0 Å². The summed E-state index contributed by atoms with van der Waals surface area (Å²) in [5.74, 6) is 1.73. The molecule has 5 heteroatoms. The lowest BCUT2D eigenvalue weighted by Crippen LogP contribution is -1.97. The fraction of sp³-hybridized carbons (Fsp3) is 0.154. The molecular formula is C13H13BrN2O2. The highest BCUT2D eigenvalue weighted by Gasteiger charge is 2.11. The number of hydrogen-bond donors (Lipinski definition) is 1. The van der Waals surface area contributed by atoms with Crippen molar-refractivity contribution in [3.05, 3.63) is 40.5 Å². The quantitative estimate of drug-likeness (QED) is 0.942. The molecule has 94 valence electrons. The van der Waals surface area contributed by atoms with E-state index in [-0.39, 0.29) is 0 Å². The Morgan fingerprint density at radius 2 is 1.89 bits per heavy atom. The van der Waals surface area contributed by atoms with Crippen molar-refractivity contribution in [2.24, 2.45) is 0 Å². The predicted molar refractivity (Wildman–Crippen MR) is 74.2 cm³/mol. The number of rotatable bonds is 3. The second-order valence-electron chi connectivity index (χ2n) is 3.71. The fourth-order valence-corrected chi connectivity index (χ4v) is 1.86. The molecule has 4 nitrogen and oxygen atoms in total. The van der Waals surface area contributed by atoms with Crippen LogP contribution in [0.4, 0.5) is 5.69 Å². The first-order valence-electron chi connectivity index (χ1n) is 5.35. The number of benzene rings is 1. The normalized spacial score (nSPS) is 10.2. The average Bonchev–Trinajstić information content (AvgIpc) is 2.40. The molecule has 1 aromatic carbocycles. The second kappa shape index (κ2) is 5.27. The van der Waals surface area contributed by atoms with Crippen molar-refractivity contribution < 1.29 is 9.47 Å². The topological polar surface area (TPSA) is 57.4 Å². The third-order valence-electron chi connectivity index (χ3n) is 2.55. The molecule has 0 aliphatic heterocycles. The van der Waals surface area contributed by atoms with Gasteiger partial charge in [0.05, 0.1) is 23.5 Å². The lowest BCUT2D eigenvalue weighted by molar-refractivity contribution is 0.373. The predicted octanol–water partition coefficient (Wildman–Crippen LogP) is 3.54. The van der Waals surface area contributed by atoms with Gasteiger partial charge in [-0.2, -0.15) is 0 Å². The van der Waals surface area contributed by atoms with Crippen molar-refractivity contribution in [2.75, 3.05) is 12.8 Å². The fourth-order valence-electron chi connectivity index (χ4n) is 1.45. The molecule has 18 heavy (non-hydrogen) atoms. The first-order valence-corrected chi connectivity index (χ1v) is 6.14. The van der Waals surface area contributed by atoms with E-state index in [1.54, 1.807) is 13.3 Å². The van der Waals surface area contributed by atoms with Crippen LogP contribution in [0.25, 0.3) is 0 Å². The van der Waals surface area contributed by atoms with E-state index in [2.05, 4.69) is 20.9 Å². The summed E-state index contributed by atoms with van der Waals surface area (Å²) in [6.07, 6.45) is 1.57. The number of nitrogens with two attached hydrogens (primary N) is 1. The van der Waals surface area contributed by atoms with Gasteiger partial charge in [-0.15, -0.1) is 0 Å². The molecule has 0 saturated heterocycles. The van der Waals surface area contributed by atoms with Gasteiger partial charge >= 0.3 is 0 Å². The summed E-state index contributed by atoms with van der Waals surface area (Å²) in [7, 11) is 1.60. The summed E-state index contributed by atoms with van der Waals surface area (Å²) >= 11 is 3.43. The van der Waals surface area contributed by atoms with Gasteiger partial charge in [0.15, 0.2) is 11.5 Å². The van der Waals surface area contributed by atoms with Gasteiger partial charge in [0, 0.05) is 0 Å². The zero-order valence-electron chi connectivity index (χ0n) is 10.1. The number of nitrogen functional groups attached to an aromatic ring is 1. The van der Waals surface area contributed by atoms with Crippen LogP contribution in [-0.2, 0) is 0 Å². The molecule has 1 heterocycles. The number of pyridine rings is 1. The molecule has 0 saturated carbocycles. The molecule has 0 radical (unpaired) electrons. The maximum absolute atomic E-state index is 5.77. The van der Waals surface area contributed by atoms with E-state index in [0.717, 1.165) is 10.0 Å². The van der Waals surface area contributed by atoms with Crippen molar-refractivity contribution in [2.45, 2.75) is 6.92 Å². The number of nitrogens with zero attached hydrogens (tertiary/aromatic N) is 1. The molecular weight excluding hydrogens is 296 g/mol. The average molecular weight is 309 g/mol. The van der Waals surface area contributed by atoms with Gasteiger partial charge < -0.3 is 15.2 Å². The summed E-state index contributed by atoms with van der Waals surface area (Å²) in [4.78, 5) is 4.16. The van der Waals surface area contributed by atoms with E-state index in [4.69, 9.17) is 15.2 Å². The number of anilines is 1. The Balaban J connectivity index is 2.37. The molecule has 0 atom stereocenters. The Kier molecular flexibility index (Phi) is 3.72. The minimum Gasteiger partial charge on any atom is -0.493 e. The van der Waals surface area contributed by atoms with Crippen LogP contribution in [0, 0.1) is 6.92 Å². The van der Waals surface area contributed by atoms with E-state index >= 15 is 0 Å². The van der Waals surface area contributed by atoms with E-state index < -0.39 is 0 Å². The number of aromatic nitrogens is 1. The minimum absolute atomic E-state index is 0.464. The summed E-state index contributed by atoms with van der Waals surface area (Å²) in [5, 5.41) is 0. The Hall–Kier alpha value is -1.75. The molecule has 0 amide bonds. The summed E-state index contributed by atoms with van der Waals surface area (Å²) in [6, 6.07) is 7.39. The van der Waals surface area contributed by atoms with Crippen LogP contribution < -0.4 is 15.2 Å². The monoisotopic (exact) mass is 308 g/mol. The number of halogens is 1. The van der Waals surface area contributed by atoms with Crippen LogP contribution in [-0.4, -0.2) is 12.1 Å². The molecule has 0 aliphatic rings. The second-order valence-corrected chi connectivity index (χ2v) is 4.50. The molecule has 0 fully saturated rings. The molecule has 2 N–H and O–H groups in total. The number of ether oxygens (including phenoxy) is 2. The van der Waals surface area contributed by atoms with Crippen LogP contribution in [0.3, 0.4) is 0 Å². The van der Waals surface area contributed by atoms with Gasteiger partial charge in [-0.1, -0.05) is 12.1 Å². The zero-order chi connectivity index (χ0) is 13.1. The van der Waals surface area contributed by atoms with Gasteiger partial charge in [-0.25, -0.2) is 4.98 Å². The molecule has 0 bridgehead atoms. The first kappa shape index (κ1) is 12.7. The highest BCUT2D eigenvalue weighted by atomic mass is 79.9. The van der Waals surface area contributed by atoms with Crippen molar-refractivity contribution in [1.29, 1.82) is 0 Å². The SMILES string of the molecule is COc1ccccc1Oc1ncc(N)c(C)c1Br. The van der Waals surface area contributed by atoms with Gasteiger partial charge in [-0.3, -0.25) is 0 Å². The Bertz CT molecular complexity index is 573. The molecule has 0 unspecified atom stereocenters. The third-order valence-corrected chi connectivity index (χ3v) is 3.48. The molecule has 0 aliphatic carbocycles. The maximum atomic E-state index is 5.77. The Morgan fingerprint density at radius 3 is 2.56 bits per heavy atom. The minimum atomic E-state index is 0.464. The number of para-hydroxylation sites is 2. The molecule has 2 aromatic rings. The lowest BCUT2D eigenvalue weighted by Gasteiger charge is -2.12. The van der Waals surface area contributed by atoms with Crippen molar-refractivity contribution >= 4 is 21.6 Å². The highest BCUT2D eigenvalue weighted by Crippen LogP contribution is 2.36. The van der Waals surface area contributed by atoms with Crippen molar-refractivity contribution in [1.82, 2.24) is 4.98 Å². The van der Waals surface area contributed by atoms with E-state index in [1.807, 2.05) is 31.2 Å². The highest BCUT2D eigenvalue weighted by molar-refractivity contribution is 9.10. The zero-order valence-corrected chi connectivity index (χ0v) is 11.7. The van der Waals surface area contributed by atoms with Gasteiger partial charge in [-0.05, 0) is 40.5 Å². The summed E-state index contributed by atoms with van der Waals surface area (Å²) in [6.45, 7) is 1.90. The maximum Gasteiger partial charge on any atom is 0.234 e. The third kappa shape index (κ3) is 2.41. The van der Waals surface area contributed by atoms with Crippen molar-refractivity contribution in [3.8, 4) is 17.4 Å². The van der Waals surface area contributed by atoms with Gasteiger partial charge in [0.25, 0.3) is 0 Å². The molecule has 1 aromatic heterocycles. The lowest BCUT2D eigenvalue weighted by atomic mass is 10.2. The smallest absolute Gasteiger partial charge is 0.234 e. The largest absolute Gasteiger partial charge is 0.493 e. The molecule has 0 spiro atoms. The van der Waals surface area contributed by atoms with Crippen LogP contribution in [0.1, 0.15) is 5.56 Å². The van der Waals surface area contributed by atoms with E-state index in [0.29, 0.717) is 23.1 Å². The van der Waals surface area contributed by atoms with Crippen LogP contribution in [0.2, 0.25) is 0 Å². The number of methoxy groups -OCH3 is 1. The van der Waals surface area contributed by atoms with Crippen LogP contribution in [0.5, 0.6) is 17.4 Å².